The molecule has 0 saturated carbocycles. The van der Waals surface area contributed by atoms with Crippen molar-refractivity contribution in [3.8, 4) is 0 Å². The van der Waals surface area contributed by atoms with Crippen molar-refractivity contribution in [3.63, 3.8) is 0 Å². The zero-order chi connectivity index (χ0) is 13.1. The number of hydrogen-bond donors (Lipinski definition) is 2. The molecule has 0 bridgehead atoms. The van der Waals surface area contributed by atoms with Crippen molar-refractivity contribution in [2.75, 3.05) is 5.73 Å². The molecule has 0 aliphatic heterocycles. The largest absolute Gasteiger partial charge is 0.478 e. The Labute approximate surface area is 107 Å². The van der Waals surface area contributed by atoms with Gasteiger partial charge in [0.2, 0.25) is 5.95 Å². The number of carboxylic acids is 1. The van der Waals surface area contributed by atoms with E-state index < -0.39 is 5.97 Å². The Morgan fingerprint density at radius 2 is 2.28 bits per heavy atom. The molecule has 0 atom stereocenters. The maximum absolute atomic E-state index is 10.7. The van der Waals surface area contributed by atoms with E-state index in [1.807, 2.05) is 0 Å². The third-order valence-corrected chi connectivity index (χ3v) is 3.34. The molecule has 0 unspecified atom stereocenters. The molecule has 0 spiro atoms. The van der Waals surface area contributed by atoms with E-state index in [9.17, 15) is 4.79 Å². The predicted molar refractivity (Wildman–Crippen MR) is 66.2 cm³/mol. The molecule has 7 nitrogen and oxygen atoms in total. The second-order valence-electron chi connectivity index (χ2n) is 3.53. The van der Waals surface area contributed by atoms with Gasteiger partial charge in [0.25, 0.3) is 0 Å². The maximum atomic E-state index is 10.7. The Bertz CT molecular complexity index is 566. The van der Waals surface area contributed by atoms with Crippen LogP contribution in [-0.4, -0.2) is 30.8 Å². The van der Waals surface area contributed by atoms with E-state index in [2.05, 4.69) is 15.2 Å². The Morgan fingerprint density at radius 1 is 1.50 bits per heavy atom. The summed E-state index contributed by atoms with van der Waals surface area (Å²) in [5, 5.41) is 17.1. The molecule has 3 N–H and O–H groups in total. The second kappa shape index (κ2) is 5.05. The summed E-state index contributed by atoms with van der Waals surface area (Å²) in [5.41, 5.74) is 6.50. The molecule has 94 valence electrons. The molecule has 0 saturated heterocycles. The number of anilines is 1. The highest BCUT2D eigenvalue weighted by Crippen LogP contribution is 2.20. The van der Waals surface area contributed by atoms with Gasteiger partial charge in [0.05, 0.1) is 11.3 Å². The van der Waals surface area contributed by atoms with Gasteiger partial charge in [0.1, 0.15) is 0 Å². The lowest BCUT2D eigenvalue weighted by atomic mass is 10.2. The van der Waals surface area contributed by atoms with Crippen LogP contribution < -0.4 is 5.73 Å². The highest BCUT2D eigenvalue weighted by molar-refractivity contribution is 7.98. The Kier molecular flexibility index (Phi) is 3.47. The van der Waals surface area contributed by atoms with Gasteiger partial charge in [-0.25, -0.2) is 4.79 Å². The van der Waals surface area contributed by atoms with Gasteiger partial charge in [-0.3, -0.25) is 9.55 Å². The van der Waals surface area contributed by atoms with E-state index >= 15 is 0 Å². The molecule has 0 aliphatic carbocycles. The van der Waals surface area contributed by atoms with Gasteiger partial charge in [-0.2, -0.15) is 0 Å². The summed E-state index contributed by atoms with van der Waals surface area (Å²) in [6.07, 6.45) is 1.34. The van der Waals surface area contributed by atoms with Crippen LogP contribution in [0.4, 0.5) is 5.95 Å². The Balaban J connectivity index is 2.02. The molecule has 0 amide bonds. The summed E-state index contributed by atoms with van der Waals surface area (Å²) in [6.45, 7) is 0. The van der Waals surface area contributed by atoms with Crippen molar-refractivity contribution in [1.29, 1.82) is 0 Å². The SMILES string of the molecule is Cn1c(N)nnc1SCc1ccc(C(=O)O)cn1. The van der Waals surface area contributed by atoms with Gasteiger partial charge in [0.15, 0.2) is 5.16 Å². The number of pyridine rings is 1. The highest BCUT2D eigenvalue weighted by atomic mass is 32.2. The highest BCUT2D eigenvalue weighted by Gasteiger charge is 2.07. The zero-order valence-electron chi connectivity index (χ0n) is 9.57. The van der Waals surface area contributed by atoms with Gasteiger partial charge in [-0.05, 0) is 12.1 Å². The molecular weight excluding hydrogens is 254 g/mol. The van der Waals surface area contributed by atoms with Crippen LogP contribution in [0.25, 0.3) is 0 Å². The molecule has 2 rings (SSSR count). The Hall–Kier alpha value is -2.09. The summed E-state index contributed by atoms with van der Waals surface area (Å²) < 4.78 is 1.68. The molecule has 2 aromatic heterocycles. The number of carbonyl (C=O) groups is 1. The molecule has 18 heavy (non-hydrogen) atoms. The van der Waals surface area contributed by atoms with Crippen LogP contribution in [0.2, 0.25) is 0 Å². The monoisotopic (exact) mass is 265 g/mol. The van der Waals surface area contributed by atoms with E-state index in [0.717, 1.165) is 5.69 Å². The quantitative estimate of drug-likeness (QED) is 0.786. The molecule has 0 fully saturated rings. The van der Waals surface area contributed by atoms with Crippen molar-refractivity contribution < 1.29 is 9.90 Å². The van der Waals surface area contributed by atoms with Crippen molar-refractivity contribution in [2.24, 2.45) is 7.05 Å². The number of hydrogen-bond acceptors (Lipinski definition) is 6. The lowest BCUT2D eigenvalue weighted by molar-refractivity contribution is 0.0696. The topological polar surface area (TPSA) is 107 Å². The van der Waals surface area contributed by atoms with Gasteiger partial charge in [-0.1, -0.05) is 11.8 Å². The number of nitrogens with zero attached hydrogens (tertiary/aromatic N) is 4. The lowest BCUT2D eigenvalue weighted by Gasteiger charge is -2.01. The minimum atomic E-state index is -0.984. The minimum absolute atomic E-state index is 0.173. The normalized spacial score (nSPS) is 10.5. The lowest BCUT2D eigenvalue weighted by Crippen LogP contribution is -1.99. The fourth-order valence-electron chi connectivity index (χ4n) is 1.23. The first-order valence-electron chi connectivity index (χ1n) is 5.04. The average molecular weight is 265 g/mol. The van der Waals surface area contributed by atoms with Gasteiger partial charge in [0, 0.05) is 19.0 Å². The van der Waals surface area contributed by atoms with Gasteiger partial charge >= 0.3 is 5.97 Å². The van der Waals surface area contributed by atoms with Gasteiger partial charge in [-0.15, -0.1) is 10.2 Å². The zero-order valence-corrected chi connectivity index (χ0v) is 10.4. The third-order valence-electron chi connectivity index (χ3n) is 2.29. The van der Waals surface area contributed by atoms with Crippen molar-refractivity contribution >= 4 is 23.7 Å². The van der Waals surface area contributed by atoms with Crippen molar-refractivity contribution in [1.82, 2.24) is 19.7 Å². The van der Waals surface area contributed by atoms with Crippen LogP contribution in [-0.2, 0) is 12.8 Å². The average Bonchev–Trinajstić information content (AvgIpc) is 2.68. The number of aromatic carboxylic acids is 1. The minimum Gasteiger partial charge on any atom is -0.478 e. The van der Waals surface area contributed by atoms with Crippen molar-refractivity contribution in [3.05, 3.63) is 29.6 Å². The summed E-state index contributed by atoms with van der Waals surface area (Å²) in [5.74, 6) is -0.0549. The van der Waals surface area contributed by atoms with Crippen LogP contribution in [0, 0.1) is 0 Å². The fourth-order valence-corrected chi connectivity index (χ4v) is 2.06. The summed E-state index contributed by atoms with van der Waals surface area (Å²) in [4.78, 5) is 14.7. The third kappa shape index (κ3) is 2.59. The van der Waals surface area contributed by atoms with Crippen molar-refractivity contribution in [2.45, 2.75) is 10.9 Å². The number of thioether (sulfide) groups is 1. The van der Waals surface area contributed by atoms with E-state index in [4.69, 9.17) is 10.8 Å². The summed E-state index contributed by atoms with van der Waals surface area (Å²) in [6, 6.07) is 3.20. The van der Waals surface area contributed by atoms with Crippen LogP contribution in [0.1, 0.15) is 16.1 Å². The molecule has 2 aromatic rings. The van der Waals surface area contributed by atoms with Gasteiger partial charge < -0.3 is 10.8 Å². The predicted octanol–water partition coefficient (Wildman–Crippen LogP) is 0.783. The molecule has 2 heterocycles. The van der Waals surface area contributed by atoms with Crippen LogP contribution in [0.5, 0.6) is 0 Å². The number of carboxylic acid groups (broad SMARTS) is 1. The van der Waals surface area contributed by atoms with E-state index in [1.165, 1.54) is 24.0 Å². The van der Waals surface area contributed by atoms with E-state index in [-0.39, 0.29) is 5.56 Å². The number of rotatable bonds is 4. The molecule has 8 heteroatoms. The fraction of sp³-hybridized carbons (Fsp3) is 0.200. The first-order chi connectivity index (χ1) is 8.58. The summed E-state index contributed by atoms with van der Waals surface area (Å²) >= 11 is 1.43. The second-order valence-corrected chi connectivity index (χ2v) is 4.47. The first-order valence-corrected chi connectivity index (χ1v) is 6.02. The number of nitrogen functional groups attached to an aromatic ring is 1. The Morgan fingerprint density at radius 3 is 2.78 bits per heavy atom. The first kappa shape index (κ1) is 12.4. The standard InChI is InChI=1S/C10H11N5O2S/c1-15-9(11)13-14-10(15)18-5-7-3-2-6(4-12-7)8(16)17/h2-4H,5H2,1H3,(H2,11,13)(H,16,17). The molecule has 0 aliphatic rings. The molecule has 0 aromatic carbocycles. The van der Waals surface area contributed by atoms with Crippen LogP contribution in [0.3, 0.4) is 0 Å². The van der Waals surface area contributed by atoms with E-state index in [1.54, 1.807) is 17.7 Å². The number of aromatic nitrogens is 4. The molecule has 0 radical (unpaired) electrons. The smallest absolute Gasteiger partial charge is 0.337 e. The van der Waals surface area contributed by atoms with Crippen LogP contribution >= 0.6 is 11.8 Å². The molecular formula is C10H11N5O2S. The van der Waals surface area contributed by atoms with E-state index in [0.29, 0.717) is 16.9 Å². The maximum Gasteiger partial charge on any atom is 0.337 e. The summed E-state index contributed by atoms with van der Waals surface area (Å²) in [7, 11) is 1.78. The van der Waals surface area contributed by atoms with Crippen LogP contribution in [0.15, 0.2) is 23.5 Å². The number of nitrogens with two attached hydrogens (primary N) is 1.